The number of hydrogen-bond donors (Lipinski definition) is 1. The van der Waals surface area contributed by atoms with Gasteiger partial charge in [0.05, 0.1) is 13.2 Å². The maximum Gasteiger partial charge on any atom is 0.270 e. The number of pyridine rings is 1. The van der Waals surface area contributed by atoms with E-state index in [4.69, 9.17) is 4.74 Å². The second-order valence-corrected chi connectivity index (χ2v) is 5.37. The predicted octanol–water partition coefficient (Wildman–Crippen LogP) is 2.00. The summed E-state index contributed by atoms with van der Waals surface area (Å²) in [6.07, 6.45) is 1.67. The van der Waals surface area contributed by atoms with E-state index >= 15 is 0 Å². The van der Waals surface area contributed by atoms with Crippen LogP contribution in [-0.4, -0.2) is 30.6 Å². The molecule has 1 aromatic heterocycles. The molecule has 4 heteroatoms. The minimum absolute atomic E-state index is 0.0697. The Balaban J connectivity index is 1.81. The Kier molecular flexibility index (Phi) is 2.95. The Labute approximate surface area is 111 Å². The van der Waals surface area contributed by atoms with E-state index in [0.717, 1.165) is 10.8 Å². The third-order valence-electron chi connectivity index (χ3n) is 3.47. The fourth-order valence-corrected chi connectivity index (χ4v) is 2.23. The first-order chi connectivity index (χ1) is 9.18. The summed E-state index contributed by atoms with van der Waals surface area (Å²) in [6.45, 7) is 4.14. The summed E-state index contributed by atoms with van der Waals surface area (Å²) in [5.74, 6) is -0.120. The maximum absolute atomic E-state index is 12.2. The van der Waals surface area contributed by atoms with E-state index in [1.54, 1.807) is 6.20 Å². The van der Waals surface area contributed by atoms with Crippen LogP contribution in [0.25, 0.3) is 10.8 Å². The Morgan fingerprint density at radius 1 is 1.37 bits per heavy atom. The number of hydrogen-bond acceptors (Lipinski definition) is 3. The minimum Gasteiger partial charge on any atom is -0.380 e. The van der Waals surface area contributed by atoms with Crippen LogP contribution in [0.3, 0.4) is 0 Å². The molecule has 1 aliphatic rings. The van der Waals surface area contributed by atoms with Gasteiger partial charge in [0.25, 0.3) is 5.91 Å². The van der Waals surface area contributed by atoms with Crippen molar-refractivity contribution in [1.82, 2.24) is 10.3 Å². The van der Waals surface area contributed by atoms with Gasteiger partial charge in [0.1, 0.15) is 5.69 Å². The van der Waals surface area contributed by atoms with E-state index in [1.807, 2.05) is 30.3 Å². The number of ether oxygens (including phenoxy) is 1. The average molecular weight is 256 g/mol. The van der Waals surface area contributed by atoms with E-state index in [0.29, 0.717) is 25.5 Å². The lowest BCUT2D eigenvalue weighted by molar-refractivity contribution is -0.0978. The van der Waals surface area contributed by atoms with Crippen LogP contribution in [0.1, 0.15) is 17.4 Å². The molecule has 0 bridgehead atoms. The van der Waals surface area contributed by atoms with E-state index in [9.17, 15) is 4.79 Å². The van der Waals surface area contributed by atoms with Gasteiger partial charge in [-0.2, -0.15) is 0 Å². The molecule has 1 amide bonds. The number of rotatable bonds is 3. The first kappa shape index (κ1) is 12.1. The Hall–Kier alpha value is -1.94. The smallest absolute Gasteiger partial charge is 0.270 e. The standard InChI is InChI=1S/C15H16N2O2/c1-15(9-19-10-15)8-17-14(18)13-12-5-3-2-4-11(12)6-7-16-13/h2-7H,8-10H2,1H3,(H,17,18). The van der Waals surface area contributed by atoms with Crippen molar-refractivity contribution in [3.8, 4) is 0 Å². The van der Waals surface area contributed by atoms with Gasteiger partial charge in [0, 0.05) is 23.5 Å². The second kappa shape index (κ2) is 4.63. The average Bonchev–Trinajstić information content (AvgIpc) is 2.42. The molecule has 1 aromatic carbocycles. The van der Waals surface area contributed by atoms with E-state index in [-0.39, 0.29) is 11.3 Å². The van der Waals surface area contributed by atoms with Crippen LogP contribution in [0.5, 0.6) is 0 Å². The second-order valence-electron chi connectivity index (χ2n) is 5.37. The highest BCUT2D eigenvalue weighted by Crippen LogP contribution is 2.25. The lowest BCUT2D eigenvalue weighted by Gasteiger charge is -2.37. The largest absolute Gasteiger partial charge is 0.380 e. The zero-order valence-electron chi connectivity index (χ0n) is 10.8. The number of carbonyl (C=O) groups is 1. The van der Waals surface area contributed by atoms with Gasteiger partial charge in [-0.25, -0.2) is 0 Å². The lowest BCUT2D eigenvalue weighted by Crippen LogP contribution is -2.48. The SMILES string of the molecule is CC1(CNC(=O)c2nccc3ccccc23)COC1. The predicted molar refractivity (Wildman–Crippen MR) is 73.0 cm³/mol. The molecule has 1 aliphatic heterocycles. The summed E-state index contributed by atoms with van der Waals surface area (Å²) in [4.78, 5) is 16.4. The summed E-state index contributed by atoms with van der Waals surface area (Å²) in [7, 11) is 0. The van der Waals surface area contributed by atoms with Crippen LogP contribution in [0.15, 0.2) is 36.5 Å². The third kappa shape index (κ3) is 2.31. The van der Waals surface area contributed by atoms with Crippen molar-refractivity contribution in [3.05, 3.63) is 42.2 Å². The van der Waals surface area contributed by atoms with Gasteiger partial charge in [0.15, 0.2) is 0 Å². The molecule has 0 atom stereocenters. The summed E-state index contributed by atoms with van der Waals surface area (Å²) in [5.41, 5.74) is 0.558. The number of nitrogens with one attached hydrogen (secondary N) is 1. The quantitative estimate of drug-likeness (QED) is 0.913. The van der Waals surface area contributed by atoms with Crippen molar-refractivity contribution in [3.63, 3.8) is 0 Å². The number of aromatic nitrogens is 1. The molecule has 1 saturated heterocycles. The Morgan fingerprint density at radius 2 is 2.16 bits per heavy atom. The first-order valence-electron chi connectivity index (χ1n) is 6.38. The molecule has 0 aliphatic carbocycles. The van der Waals surface area contributed by atoms with Crippen molar-refractivity contribution >= 4 is 16.7 Å². The van der Waals surface area contributed by atoms with E-state index in [1.165, 1.54) is 0 Å². The highest BCUT2D eigenvalue weighted by molar-refractivity contribution is 6.05. The Bertz CT molecular complexity index is 615. The summed E-state index contributed by atoms with van der Waals surface area (Å²) in [6, 6.07) is 9.69. The lowest BCUT2D eigenvalue weighted by atomic mass is 9.89. The monoisotopic (exact) mass is 256 g/mol. The van der Waals surface area contributed by atoms with Crippen molar-refractivity contribution in [2.45, 2.75) is 6.92 Å². The number of nitrogens with zero attached hydrogens (tertiary/aromatic N) is 1. The van der Waals surface area contributed by atoms with Gasteiger partial charge in [-0.3, -0.25) is 9.78 Å². The topological polar surface area (TPSA) is 51.2 Å². The van der Waals surface area contributed by atoms with Gasteiger partial charge in [-0.1, -0.05) is 31.2 Å². The van der Waals surface area contributed by atoms with Gasteiger partial charge in [0.2, 0.25) is 0 Å². The molecule has 2 aromatic rings. The maximum atomic E-state index is 12.2. The summed E-state index contributed by atoms with van der Waals surface area (Å²) < 4.78 is 5.18. The van der Waals surface area contributed by atoms with E-state index < -0.39 is 0 Å². The molecule has 3 rings (SSSR count). The number of carbonyl (C=O) groups excluding carboxylic acids is 1. The Morgan fingerprint density at radius 3 is 2.89 bits per heavy atom. The minimum atomic E-state index is -0.120. The fraction of sp³-hybridized carbons (Fsp3) is 0.333. The highest BCUT2D eigenvalue weighted by atomic mass is 16.5. The first-order valence-corrected chi connectivity index (χ1v) is 6.38. The molecular weight excluding hydrogens is 240 g/mol. The zero-order chi connectivity index (χ0) is 13.3. The van der Waals surface area contributed by atoms with Crippen LogP contribution >= 0.6 is 0 Å². The number of amides is 1. The molecule has 0 spiro atoms. The highest BCUT2D eigenvalue weighted by Gasteiger charge is 2.33. The molecule has 1 N–H and O–H groups in total. The molecule has 4 nitrogen and oxygen atoms in total. The van der Waals surface area contributed by atoms with Gasteiger partial charge >= 0.3 is 0 Å². The van der Waals surface area contributed by atoms with Gasteiger partial charge < -0.3 is 10.1 Å². The van der Waals surface area contributed by atoms with Gasteiger partial charge in [-0.15, -0.1) is 0 Å². The zero-order valence-corrected chi connectivity index (χ0v) is 10.8. The summed E-state index contributed by atoms with van der Waals surface area (Å²) >= 11 is 0. The molecule has 0 unspecified atom stereocenters. The molecule has 0 radical (unpaired) electrons. The number of benzene rings is 1. The van der Waals surface area contributed by atoms with Crippen molar-refractivity contribution < 1.29 is 9.53 Å². The van der Waals surface area contributed by atoms with Crippen LogP contribution in [0.2, 0.25) is 0 Å². The molecule has 98 valence electrons. The van der Waals surface area contributed by atoms with Crippen molar-refractivity contribution in [1.29, 1.82) is 0 Å². The summed E-state index contributed by atoms with van der Waals surface area (Å²) in [5, 5.41) is 4.87. The molecule has 2 heterocycles. The molecule has 1 fully saturated rings. The van der Waals surface area contributed by atoms with Crippen LogP contribution in [0.4, 0.5) is 0 Å². The van der Waals surface area contributed by atoms with Crippen molar-refractivity contribution in [2.75, 3.05) is 19.8 Å². The number of fused-ring (bicyclic) bond motifs is 1. The van der Waals surface area contributed by atoms with Crippen LogP contribution in [-0.2, 0) is 4.74 Å². The van der Waals surface area contributed by atoms with Crippen LogP contribution < -0.4 is 5.32 Å². The third-order valence-corrected chi connectivity index (χ3v) is 3.47. The normalized spacial score (nSPS) is 16.9. The fourth-order valence-electron chi connectivity index (χ4n) is 2.23. The molecule has 19 heavy (non-hydrogen) atoms. The van der Waals surface area contributed by atoms with Gasteiger partial charge in [-0.05, 0) is 11.5 Å². The van der Waals surface area contributed by atoms with Crippen molar-refractivity contribution in [2.24, 2.45) is 5.41 Å². The molecular formula is C15H16N2O2. The van der Waals surface area contributed by atoms with Crippen LogP contribution in [0, 0.1) is 5.41 Å². The molecule has 0 saturated carbocycles. The van der Waals surface area contributed by atoms with E-state index in [2.05, 4.69) is 17.2 Å².